The van der Waals surface area contributed by atoms with E-state index < -0.39 is 8.32 Å². The van der Waals surface area contributed by atoms with Crippen molar-refractivity contribution < 1.29 is 9.22 Å². The average Bonchev–Trinajstić information content (AvgIpc) is 2.46. The van der Waals surface area contributed by atoms with E-state index in [1.54, 1.807) is 0 Å². The lowest BCUT2D eigenvalue weighted by atomic mass is 10.0. The summed E-state index contributed by atoms with van der Waals surface area (Å²) >= 11 is 0. The Morgan fingerprint density at radius 2 is 1.46 bits per heavy atom. The number of unbranched alkanes of at least 4 members (excludes halogenated alkanes) is 4. The number of hydrogen-bond acceptors (Lipinski definition) is 2. The lowest BCUT2D eigenvalue weighted by molar-refractivity contribution is -0.119. The molecule has 0 bridgehead atoms. The zero-order chi connectivity index (χ0) is 18.6. The van der Waals surface area contributed by atoms with E-state index >= 15 is 0 Å². The lowest BCUT2D eigenvalue weighted by Crippen LogP contribution is -2.44. The molecule has 0 rings (SSSR count). The Bertz CT molecular complexity index is 331. The van der Waals surface area contributed by atoms with E-state index in [1.165, 1.54) is 32.1 Å². The molecule has 2 nitrogen and oxygen atoms in total. The van der Waals surface area contributed by atoms with Crippen molar-refractivity contribution in [1.29, 1.82) is 0 Å². The Kier molecular flexibility index (Phi) is 12.2. The zero-order valence-electron chi connectivity index (χ0n) is 17.7. The van der Waals surface area contributed by atoms with E-state index in [1.807, 2.05) is 0 Å². The topological polar surface area (TPSA) is 26.3 Å². The average molecular weight is 357 g/mol. The van der Waals surface area contributed by atoms with Crippen LogP contribution in [0.3, 0.4) is 0 Å². The van der Waals surface area contributed by atoms with Gasteiger partial charge in [0.25, 0.3) is 0 Å². The van der Waals surface area contributed by atoms with Gasteiger partial charge >= 0.3 is 0 Å². The van der Waals surface area contributed by atoms with Crippen molar-refractivity contribution in [2.45, 2.75) is 129 Å². The Hall–Kier alpha value is -0.153. The van der Waals surface area contributed by atoms with Crippen LogP contribution in [-0.4, -0.2) is 20.2 Å². The molecule has 0 aromatic carbocycles. The monoisotopic (exact) mass is 356 g/mol. The minimum atomic E-state index is -1.70. The first-order chi connectivity index (χ1) is 11.1. The minimum Gasteiger partial charge on any atom is -0.414 e. The first kappa shape index (κ1) is 23.8. The molecule has 0 radical (unpaired) electrons. The van der Waals surface area contributed by atoms with E-state index in [2.05, 4.69) is 47.7 Å². The largest absolute Gasteiger partial charge is 0.414 e. The van der Waals surface area contributed by atoms with Crippen LogP contribution in [0.25, 0.3) is 0 Å². The van der Waals surface area contributed by atoms with E-state index in [0.717, 1.165) is 38.5 Å². The van der Waals surface area contributed by atoms with E-state index in [-0.39, 0.29) is 5.04 Å². The second-order valence-electron chi connectivity index (χ2n) is 8.88. The Morgan fingerprint density at radius 3 is 1.96 bits per heavy atom. The number of ketones is 1. The molecule has 0 saturated carbocycles. The molecule has 0 aliphatic carbocycles. The third-order valence-corrected chi connectivity index (χ3v) is 9.94. The summed E-state index contributed by atoms with van der Waals surface area (Å²) in [4.78, 5) is 11.7. The summed E-state index contributed by atoms with van der Waals surface area (Å²) in [6, 6.07) is 0. The van der Waals surface area contributed by atoms with Crippen molar-refractivity contribution in [2.75, 3.05) is 0 Å². The molecule has 24 heavy (non-hydrogen) atoms. The predicted octanol–water partition coefficient (Wildman–Crippen LogP) is 7.28. The summed E-state index contributed by atoms with van der Waals surface area (Å²) in [5.74, 6) is 0.433. The van der Waals surface area contributed by atoms with Gasteiger partial charge in [0, 0.05) is 18.9 Å². The molecule has 0 spiro atoms. The normalized spacial score (nSPS) is 14.0. The van der Waals surface area contributed by atoms with Gasteiger partial charge in [-0.25, -0.2) is 0 Å². The standard InChI is InChI=1S/C21H44O2Si/c1-8-10-11-12-17-20(23-24(6,7)21(3,4)5)18-14-13-16-19(22)15-9-2/h20H,8-18H2,1-7H3/t20-/m0/s1. The van der Waals surface area contributed by atoms with Crippen LogP contribution < -0.4 is 0 Å². The second kappa shape index (κ2) is 12.2. The van der Waals surface area contributed by atoms with Gasteiger partial charge in [0.05, 0.1) is 0 Å². The molecule has 0 aliphatic heterocycles. The van der Waals surface area contributed by atoms with E-state index in [0.29, 0.717) is 11.9 Å². The van der Waals surface area contributed by atoms with Crippen molar-refractivity contribution in [1.82, 2.24) is 0 Å². The zero-order valence-corrected chi connectivity index (χ0v) is 18.7. The molecule has 0 heterocycles. The maximum Gasteiger partial charge on any atom is 0.192 e. The fraction of sp³-hybridized carbons (Fsp3) is 0.952. The molecule has 0 aliphatic rings. The third kappa shape index (κ3) is 10.7. The van der Waals surface area contributed by atoms with E-state index in [9.17, 15) is 4.79 Å². The number of hydrogen-bond donors (Lipinski definition) is 0. The molecule has 0 amide bonds. The number of carbonyl (C=O) groups excluding carboxylic acids is 1. The van der Waals surface area contributed by atoms with Gasteiger partial charge in [-0.15, -0.1) is 0 Å². The Balaban J connectivity index is 4.40. The smallest absolute Gasteiger partial charge is 0.192 e. The highest BCUT2D eigenvalue weighted by atomic mass is 28.4. The highest BCUT2D eigenvalue weighted by Crippen LogP contribution is 2.38. The van der Waals surface area contributed by atoms with Gasteiger partial charge in [-0.3, -0.25) is 4.79 Å². The summed E-state index contributed by atoms with van der Waals surface area (Å²) in [5, 5.41) is 0.270. The van der Waals surface area contributed by atoms with Crippen LogP contribution in [0.5, 0.6) is 0 Å². The van der Waals surface area contributed by atoms with Crippen LogP contribution in [0.2, 0.25) is 18.1 Å². The maximum absolute atomic E-state index is 11.7. The fourth-order valence-corrected chi connectivity index (χ4v) is 4.18. The van der Waals surface area contributed by atoms with Crippen molar-refractivity contribution in [3.05, 3.63) is 0 Å². The summed E-state index contributed by atoms with van der Waals surface area (Å²) in [7, 11) is -1.70. The molecule has 0 saturated heterocycles. The summed E-state index contributed by atoms with van der Waals surface area (Å²) in [6.45, 7) is 16.0. The molecule has 144 valence electrons. The Morgan fingerprint density at radius 1 is 0.875 bits per heavy atom. The van der Waals surface area contributed by atoms with E-state index in [4.69, 9.17) is 4.43 Å². The van der Waals surface area contributed by atoms with Gasteiger partial charge in [-0.05, 0) is 43.8 Å². The first-order valence-corrected chi connectivity index (χ1v) is 13.2. The third-order valence-electron chi connectivity index (χ3n) is 5.41. The molecule has 0 aromatic heterocycles. The highest BCUT2D eigenvalue weighted by Gasteiger charge is 2.38. The first-order valence-electron chi connectivity index (χ1n) is 10.3. The number of Topliss-reactive ketones (excluding diaryl/α,β-unsaturated/α-hetero) is 1. The van der Waals surface area contributed by atoms with Crippen molar-refractivity contribution in [3.63, 3.8) is 0 Å². The second-order valence-corrected chi connectivity index (χ2v) is 13.6. The quantitative estimate of drug-likeness (QED) is 0.241. The minimum absolute atomic E-state index is 0.270. The van der Waals surface area contributed by atoms with Gasteiger partial charge in [0.15, 0.2) is 8.32 Å². The van der Waals surface area contributed by atoms with Crippen LogP contribution in [0, 0.1) is 0 Å². The lowest BCUT2D eigenvalue weighted by Gasteiger charge is -2.39. The molecule has 3 heteroatoms. The molecule has 0 aromatic rings. The molecule has 0 N–H and O–H groups in total. The van der Waals surface area contributed by atoms with Crippen LogP contribution in [0.1, 0.15) is 105 Å². The molecule has 0 unspecified atom stereocenters. The van der Waals surface area contributed by atoms with Gasteiger partial charge in [-0.1, -0.05) is 66.7 Å². The van der Waals surface area contributed by atoms with Crippen molar-refractivity contribution in [3.8, 4) is 0 Å². The molecular formula is C21H44O2Si. The molecule has 1 atom stereocenters. The highest BCUT2D eigenvalue weighted by molar-refractivity contribution is 6.74. The summed E-state index contributed by atoms with van der Waals surface area (Å²) in [6.07, 6.45) is 12.6. The number of carbonyl (C=O) groups is 1. The van der Waals surface area contributed by atoms with Crippen molar-refractivity contribution in [2.24, 2.45) is 0 Å². The Labute approximate surface area is 153 Å². The van der Waals surface area contributed by atoms with Crippen LogP contribution in [0.15, 0.2) is 0 Å². The summed E-state index contributed by atoms with van der Waals surface area (Å²) < 4.78 is 6.69. The van der Waals surface area contributed by atoms with Gasteiger partial charge in [0.2, 0.25) is 0 Å². The van der Waals surface area contributed by atoms with Crippen LogP contribution >= 0.6 is 0 Å². The van der Waals surface area contributed by atoms with Crippen molar-refractivity contribution >= 4 is 14.1 Å². The van der Waals surface area contributed by atoms with Gasteiger partial charge < -0.3 is 4.43 Å². The predicted molar refractivity (Wildman–Crippen MR) is 109 cm³/mol. The maximum atomic E-state index is 11.7. The van der Waals surface area contributed by atoms with Gasteiger partial charge in [-0.2, -0.15) is 0 Å². The van der Waals surface area contributed by atoms with Crippen LogP contribution in [0.4, 0.5) is 0 Å². The van der Waals surface area contributed by atoms with Crippen LogP contribution in [-0.2, 0) is 9.22 Å². The SMILES string of the molecule is CCCCCC[C@@H](CCCCC(=O)CCC)O[Si](C)(C)C(C)(C)C. The fourth-order valence-electron chi connectivity index (χ4n) is 2.75. The van der Waals surface area contributed by atoms with Gasteiger partial charge in [0.1, 0.15) is 5.78 Å². The molecular weight excluding hydrogens is 312 g/mol. The number of rotatable bonds is 14. The summed E-state index contributed by atoms with van der Waals surface area (Å²) in [5.41, 5.74) is 0. The molecule has 0 fully saturated rings.